The second-order valence-electron chi connectivity index (χ2n) is 5.61. The van der Waals surface area contributed by atoms with Crippen molar-refractivity contribution in [2.45, 2.75) is 26.7 Å². The van der Waals surface area contributed by atoms with Crippen LogP contribution in [0.25, 0.3) is 5.69 Å². The number of amides is 1. The van der Waals surface area contributed by atoms with Crippen LogP contribution in [0, 0.1) is 12.7 Å². The molecule has 0 spiro atoms. The Kier molecular flexibility index (Phi) is 5.92. The maximum atomic E-state index is 13.2. The zero-order chi connectivity index (χ0) is 17.7. The summed E-state index contributed by atoms with van der Waals surface area (Å²) in [5.41, 5.74) is 1.13. The van der Waals surface area contributed by atoms with E-state index in [9.17, 15) is 14.3 Å². The van der Waals surface area contributed by atoms with Crippen LogP contribution < -0.4 is 0 Å². The summed E-state index contributed by atoms with van der Waals surface area (Å²) in [4.78, 5) is 14.0. The molecule has 7 heteroatoms. The monoisotopic (exact) mass is 335 g/mol. The predicted molar refractivity (Wildman–Crippen MR) is 87.8 cm³/mol. The Morgan fingerprint density at radius 1 is 1.38 bits per heavy atom. The minimum atomic E-state index is -0.437. The number of nitrogens with zero attached hydrogens (tertiary/aromatic N) is 3. The van der Waals surface area contributed by atoms with Crippen molar-refractivity contribution in [3.8, 4) is 11.4 Å². The molecule has 0 aliphatic rings. The highest BCUT2D eigenvalue weighted by atomic mass is 19.1. The molecule has 0 atom stereocenters. The van der Waals surface area contributed by atoms with Crippen molar-refractivity contribution in [3.05, 3.63) is 41.5 Å². The van der Waals surface area contributed by atoms with E-state index in [2.05, 4.69) is 5.10 Å². The van der Waals surface area contributed by atoms with Crippen LogP contribution in [0.1, 0.15) is 35.8 Å². The minimum absolute atomic E-state index is 0.0803. The number of aromatic hydroxyl groups is 1. The number of aromatic nitrogens is 2. The van der Waals surface area contributed by atoms with Gasteiger partial charge in [-0.25, -0.2) is 9.07 Å². The molecule has 1 heterocycles. The van der Waals surface area contributed by atoms with Crippen molar-refractivity contribution >= 4 is 5.91 Å². The number of halogens is 1. The molecule has 0 fully saturated rings. The molecule has 0 radical (unpaired) electrons. The topological polar surface area (TPSA) is 78.6 Å². The van der Waals surface area contributed by atoms with Crippen LogP contribution in [-0.4, -0.2) is 50.5 Å². The molecule has 1 aromatic carbocycles. The van der Waals surface area contributed by atoms with Gasteiger partial charge in [0.25, 0.3) is 5.91 Å². The fourth-order valence-electron chi connectivity index (χ4n) is 2.45. The zero-order valence-corrected chi connectivity index (χ0v) is 13.9. The Labute approximate surface area is 140 Å². The number of hydrogen-bond donors (Lipinski definition) is 2. The molecule has 0 saturated heterocycles. The van der Waals surface area contributed by atoms with E-state index >= 15 is 0 Å². The molecular formula is C17H22FN3O3. The van der Waals surface area contributed by atoms with Crippen molar-refractivity contribution in [1.29, 1.82) is 0 Å². The molecular weight excluding hydrogens is 313 g/mol. The van der Waals surface area contributed by atoms with Gasteiger partial charge >= 0.3 is 0 Å². The van der Waals surface area contributed by atoms with Crippen molar-refractivity contribution in [1.82, 2.24) is 14.7 Å². The van der Waals surface area contributed by atoms with Gasteiger partial charge in [0.1, 0.15) is 5.82 Å². The molecule has 1 amide bonds. The number of aliphatic hydroxyl groups is 1. The van der Waals surface area contributed by atoms with Crippen LogP contribution in [0.3, 0.4) is 0 Å². The van der Waals surface area contributed by atoms with E-state index in [1.54, 1.807) is 6.92 Å². The lowest BCUT2D eigenvalue weighted by Gasteiger charge is -2.20. The number of carbonyl (C=O) groups is 1. The zero-order valence-electron chi connectivity index (χ0n) is 13.9. The quantitative estimate of drug-likeness (QED) is 0.813. The summed E-state index contributed by atoms with van der Waals surface area (Å²) in [5.74, 6) is -1.05. The largest absolute Gasteiger partial charge is 0.504 e. The lowest BCUT2D eigenvalue weighted by Crippen LogP contribution is -2.34. The van der Waals surface area contributed by atoms with Crippen molar-refractivity contribution < 1.29 is 19.4 Å². The number of aryl methyl sites for hydroxylation is 1. The van der Waals surface area contributed by atoms with E-state index in [0.29, 0.717) is 17.8 Å². The summed E-state index contributed by atoms with van der Waals surface area (Å²) in [5, 5.41) is 23.4. The van der Waals surface area contributed by atoms with E-state index < -0.39 is 5.91 Å². The standard InChI is InChI=1S/C17H22FN3O3/c1-3-4-7-20(8-9-22)17(24)16-15(23)11-21(19-16)14-6-5-13(18)10-12(14)2/h5-6,10-11,22-23H,3-4,7-9H2,1-2H3. The summed E-state index contributed by atoms with van der Waals surface area (Å²) in [6.45, 7) is 4.23. The molecule has 0 unspecified atom stereocenters. The van der Waals surface area contributed by atoms with Crippen LogP contribution >= 0.6 is 0 Å². The van der Waals surface area contributed by atoms with Crippen molar-refractivity contribution in [2.24, 2.45) is 0 Å². The fraction of sp³-hybridized carbons (Fsp3) is 0.412. The lowest BCUT2D eigenvalue weighted by molar-refractivity contribution is 0.0710. The average Bonchev–Trinajstić information content (AvgIpc) is 2.92. The summed E-state index contributed by atoms with van der Waals surface area (Å²) >= 11 is 0. The molecule has 0 aliphatic heterocycles. The number of unbranched alkanes of at least 4 members (excludes halogenated alkanes) is 1. The van der Waals surface area contributed by atoms with Gasteiger partial charge in [-0.05, 0) is 37.1 Å². The second-order valence-corrected chi connectivity index (χ2v) is 5.61. The average molecular weight is 335 g/mol. The Bertz CT molecular complexity index is 715. The summed E-state index contributed by atoms with van der Waals surface area (Å²) < 4.78 is 14.6. The van der Waals surface area contributed by atoms with E-state index in [1.165, 1.54) is 34.0 Å². The van der Waals surface area contributed by atoms with Crippen molar-refractivity contribution in [3.63, 3.8) is 0 Å². The van der Waals surface area contributed by atoms with E-state index in [0.717, 1.165) is 12.8 Å². The van der Waals surface area contributed by atoms with Crippen LogP contribution in [0.5, 0.6) is 5.75 Å². The molecule has 0 bridgehead atoms. The number of aliphatic hydroxyl groups excluding tert-OH is 1. The number of hydrogen-bond acceptors (Lipinski definition) is 4. The highest BCUT2D eigenvalue weighted by Gasteiger charge is 2.23. The number of rotatable bonds is 7. The molecule has 2 aromatic rings. The van der Waals surface area contributed by atoms with Gasteiger partial charge in [-0.2, -0.15) is 5.10 Å². The van der Waals surface area contributed by atoms with Gasteiger partial charge in [-0.1, -0.05) is 13.3 Å². The van der Waals surface area contributed by atoms with Gasteiger partial charge in [0.05, 0.1) is 18.5 Å². The summed E-state index contributed by atoms with van der Waals surface area (Å²) in [6.07, 6.45) is 3.03. The second kappa shape index (κ2) is 7.92. The molecule has 6 nitrogen and oxygen atoms in total. The van der Waals surface area contributed by atoms with Gasteiger partial charge in [-0.15, -0.1) is 0 Å². The highest BCUT2D eigenvalue weighted by Crippen LogP contribution is 2.22. The van der Waals surface area contributed by atoms with Gasteiger partial charge < -0.3 is 15.1 Å². The lowest BCUT2D eigenvalue weighted by atomic mass is 10.2. The van der Waals surface area contributed by atoms with Gasteiger partial charge in [0.2, 0.25) is 0 Å². The molecule has 24 heavy (non-hydrogen) atoms. The fourth-order valence-corrected chi connectivity index (χ4v) is 2.45. The molecule has 0 saturated carbocycles. The van der Waals surface area contributed by atoms with E-state index in [-0.39, 0.29) is 30.4 Å². The molecule has 2 N–H and O–H groups in total. The minimum Gasteiger partial charge on any atom is -0.504 e. The van der Waals surface area contributed by atoms with Crippen LogP contribution in [0.15, 0.2) is 24.4 Å². The summed E-state index contributed by atoms with van der Waals surface area (Å²) in [6, 6.07) is 4.19. The normalized spacial score (nSPS) is 10.8. The molecule has 2 rings (SSSR count). The SMILES string of the molecule is CCCCN(CCO)C(=O)c1nn(-c2ccc(F)cc2C)cc1O. The Balaban J connectivity index is 2.31. The molecule has 130 valence electrons. The number of benzene rings is 1. The predicted octanol–water partition coefficient (Wildman–Crippen LogP) is 2.26. The Hall–Kier alpha value is -2.41. The third-order valence-corrected chi connectivity index (χ3v) is 3.74. The summed E-state index contributed by atoms with van der Waals surface area (Å²) in [7, 11) is 0. The van der Waals surface area contributed by atoms with E-state index in [4.69, 9.17) is 5.11 Å². The first kappa shape index (κ1) is 17.9. The van der Waals surface area contributed by atoms with Crippen molar-refractivity contribution in [2.75, 3.05) is 19.7 Å². The third kappa shape index (κ3) is 3.91. The van der Waals surface area contributed by atoms with Crippen LogP contribution in [0.4, 0.5) is 4.39 Å². The maximum absolute atomic E-state index is 13.2. The highest BCUT2D eigenvalue weighted by molar-refractivity contribution is 5.94. The van der Waals surface area contributed by atoms with Gasteiger partial charge in [0.15, 0.2) is 11.4 Å². The van der Waals surface area contributed by atoms with Gasteiger partial charge in [0, 0.05) is 13.1 Å². The smallest absolute Gasteiger partial charge is 0.278 e. The van der Waals surface area contributed by atoms with Crippen LogP contribution in [-0.2, 0) is 0 Å². The maximum Gasteiger partial charge on any atom is 0.278 e. The first-order valence-corrected chi connectivity index (χ1v) is 7.93. The first-order chi connectivity index (χ1) is 11.5. The number of carbonyl (C=O) groups excluding carboxylic acids is 1. The Morgan fingerprint density at radius 2 is 2.12 bits per heavy atom. The third-order valence-electron chi connectivity index (χ3n) is 3.74. The van der Waals surface area contributed by atoms with Gasteiger partial charge in [-0.3, -0.25) is 4.79 Å². The molecule has 0 aliphatic carbocycles. The Morgan fingerprint density at radius 3 is 2.75 bits per heavy atom. The van der Waals surface area contributed by atoms with E-state index in [1.807, 2.05) is 6.92 Å². The first-order valence-electron chi connectivity index (χ1n) is 7.93. The molecule has 1 aromatic heterocycles. The van der Waals surface area contributed by atoms with Crippen LogP contribution in [0.2, 0.25) is 0 Å².